The van der Waals surface area contributed by atoms with Gasteiger partial charge in [0.2, 0.25) is 0 Å². The van der Waals surface area contributed by atoms with Crippen molar-refractivity contribution >= 4 is 10.8 Å². The third kappa shape index (κ3) is 4.98. The Morgan fingerprint density at radius 2 is 2.33 bits per heavy atom. The van der Waals surface area contributed by atoms with E-state index in [1.54, 1.807) is 13.3 Å². The number of nitrogens with zero attached hydrogens (tertiary/aromatic N) is 4. The van der Waals surface area contributed by atoms with Crippen molar-refractivity contribution in [2.45, 2.75) is 25.9 Å². The summed E-state index contributed by atoms with van der Waals surface area (Å²) in [5.74, 6) is 1.41. The number of hydrogen-bond donors (Lipinski definition) is 1. The molecule has 0 amide bonds. The summed E-state index contributed by atoms with van der Waals surface area (Å²) < 4.78 is 10.9. The van der Waals surface area contributed by atoms with Gasteiger partial charge in [0.15, 0.2) is 5.82 Å². The molecule has 0 saturated carbocycles. The summed E-state index contributed by atoms with van der Waals surface area (Å²) in [5, 5.41) is 14.9. The van der Waals surface area contributed by atoms with E-state index in [1.165, 1.54) is 4.80 Å². The van der Waals surface area contributed by atoms with Gasteiger partial charge < -0.3 is 5.32 Å². The van der Waals surface area contributed by atoms with Crippen LogP contribution in [-0.2, 0) is 24.4 Å². The Balaban J connectivity index is 2.22. The van der Waals surface area contributed by atoms with Crippen molar-refractivity contribution in [3.63, 3.8) is 0 Å². The average Bonchev–Trinajstić information content (AvgIpc) is 2.58. The Labute approximate surface area is 91.9 Å². The fourth-order valence-corrected chi connectivity index (χ4v) is 1.79. The third-order valence-electron chi connectivity index (χ3n) is 2.00. The van der Waals surface area contributed by atoms with Crippen LogP contribution in [0.1, 0.15) is 19.2 Å². The van der Waals surface area contributed by atoms with E-state index < -0.39 is 10.8 Å². The molecule has 7 heteroatoms. The zero-order valence-corrected chi connectivity index (χ0v) is 10.1. The Morgan fingerprint density at radius 1 is 1.60 bits per heavy atom. The summed E-state index contributed by atoms with van der Waals surface area (Å²) >= 11 is 0. The molecule has 1 aromatic heterocycles. The average molecular weight is 231 g/mol. The lowest BCUT2D eigenvalue weighted by atomic mass is 10.2. The van der Waals surface area contributed by atoms with Crippen LogP contribution in [0.4, 0.5) is 0 Å². The molecule has 1 N–H and O–H groups in total. The predicted molar refractivity (Wildman–Crippen MR) is 58.7 cm³/mol. The second-order valence-electron chi connectivity index (χ2n) is 3.54. The summed E-state index contributed by atoms with van der Waals surface area (Å²) in [6.07, 6.45) is 2.61. The van der Waals surface area contributed by atoms with Gasteiger partial charge in [-0.1, -0.05) is 0 Å². The van der Waals surface area contributed by atoms with Gasteiger partial charge in [0.05, 0.1) is 13.6 Å². The van der Waals surface area contributed by atoms with Gasteiger partial charge in [-0.15, -0.1) is 10.2 Å². The normalized spacial score (nSPS) is 15.1. The number of nitrogens with one attached hydrogen (secondary N) is 1. The van der Waals surface area contributed by atoms with Gasteiger partial charge >= 0.3 is 0 Å². The first kappa shape index (κ1) is 12.3. The molecule has 0 spiro atoms. The molecule has 1 rings (SSSR count). The summed E-state index contributed by atoms with van der Waals surface area (Å²) in [7, 11) is 1.02. The van der Waals surface area contributed by atoms with Crippen LogP contribution in [0.25, 0.3) is 0 Å². The molecule has 0 bridgehead atoms. The maximum absolute atomic E-state index is 10.9. The molecule has 86 valence electrons. The second-order valence-corrected chi connectivity index (χ2v) is 5.10. The molecule has 0 aliphatic rings. The highest BCUT2D eigenvalue weighted by atomic mass is 32.2. The standard InChI is InChI=1S/C8H17N5OS/c1-7(4-5-15(3)14)9-6-8-10-12-13(2)11-8/h7,9H,4-6H2,1-3H3. The van der Waals surface area contributed by atoms with Gasteiger partial charge in [0.25, 0.3) is 0 Å². The lowest BCUT2D eigenvalue weighted by Crippen LogP contribution is -2.27. The molecule has 1 aromatic rings. The highest BCUT2D eigenvalue weighted by Gasteiger charge is 2.05. The van der Waals surface area contributed by atoms with E-state index in [9.17, 15) is 4.21 Å². The van der Waals surface area contributed by atoms with Crippen molar-refractivity contribution in [2.24, 2.45) is 7.05 Å². The maximum atomic E-state index is 10.9. The van der Waals surface area contributed by atoms with Crippen molar-refractivity contribution in [3.8, 4) is 0 Å². The Hall–Kier alpha value is -0.820. The molecular formula is C8H17N5OS. The van der Waals surface area contributed by atoms with Crippen molar-refractivity contribution in [3.05, 3.63) is 5.82 Å². The van der Waals surface area contributed by atoms with Gasteiger partial charge in [0, 0.05) is 28.9 Å². The van der Waals surface area contributed by atoms with Gasteiger partial charge in [-0.3, -0.25) is 4.21 Å². The first-order valence-corrected chi connectivity index (χ1v) is 6.57. The Kier molecular flexibility index (Phi) is 4.83. The molecule has 0 aromatic carbocycles. The minimum atomic E-state index is -0.718. The molecule has 0 aliphatic heterocycles. The van der Waals surface area contributed by atoms with Gasteiger partial charge in [0.1, 0.15) is 0 Å². The van der Waals surface area contributed by atoms with Crippen LogP contribution in [-0.4, -0.2) is 42.5 Å². The van der Waals surface area contributed by atoms with E-state index in [2.05, 4.69) is 27.7 Å². The summed E-state index contributed by atoms with van der Waals surface area (Å²) in [6, 6.07) is 0.317. The molecule has 0 saturated heterocycles. The molecule has 15 heavy (non-hydrogen) atoms. The van der Waals surface area contributed by atoms with Crippen LogP contribution in [0.3, 0.4) is 0 Å². The fourth-order valence-electron chi connectivity index (χ4n) is 1.10. The predicted octanol–water partition coefficient (Wildman–Crippen LogP) is -0.543. The second kappa shape index (κ2) is 5.92. The lowest BCUT2D eigenvalue weighted by molar-refractivity contribution is 0.522. The molecule has 2 unspecified atom stereocenters. The quantitative estimate of drug-likeness (QED) is 0.711. The van der Waals surface area contributed by atoms with Crippen LogP contribution < -0.4 is 5.32 Å². The highest BCUT2D eigenvalue weighted by molar-refractivity contribution is 7.84. The van der Waals surface area contributed by atoms with Crippen molar-refractivity contribution < 1.29 is 4.21 Å². The molecule has 6 nitrogen and oxygen atoms in total. The topological polar surface area (TPSA) is 72.7 Å². The Morgan fingerprint density at radius 3 is 2.87 bits per heavy atom. The zero-order valence-electron chi connectivity index (χ0n) is 9.30. The number of tetrazole rings is 1. The van der Waals surface area contributed by atoms with E-state index in [-0.39, 0.29) is 0 Å². The first-order chi connectivity index (χ1) is 7.08. The van der Waals surface area contributed by atoms with E-state index in [0.717, 1.165) is 12.2 Å². The molecule has 1 heterocycles. The monoisotopic (exact) mass is 231 g/mol. The Bertz CT molecular complexity index is 327. The number of aromatic nitrogens is 4. The number of rotatable bonds is 6. The highest BCUT2D eigenvalue weighted by Crippen LogP contribution is 1.94. The summed E-state index contributed by atoms with van der Waals surface area (Å²) in [4.78, 5) is 1.43. The minimum absolute atomic E-state index is 0.317. The smallest absolute Gasteiger partial charge is 0.188 e. The lowest BCUT2D eigenvalue weighted by Gasteiger charge is -2.10. The summed E-state index contributed by atoms with van der Waals surface area (Å²) in [5.41, 5.74) is 0. The van der Waals surface area contributed by atoms with Crippen molar-refractivity contribution in [1.29, 1.82) is 0 Å². The van der Waals surface area contributed by atoms with E-state index in [4.69, 9.17) is 0 Å². The largest absolute Gasteiger partial charge is 0.307 e. The van der Waals surface area contributed by atoms with Crippen LogP contribution in [0.15, 0.2) is 0 Å². The zero-order chi connectivity index (χ0) is 11.3. The van der Waals surface area contributed by atoms with Crippen LogP contribution >= 0.6 is 0 Å². The van der Waals surface area contributed by atoms with Crippen LogP contribution in [0.2, 0.25) is 0 Å². The third-order valence-corrected chi connectivity index (χ3v) is 2.81. The van der Waals surface area contributed by atoms with Gasteiger partial charge in [-0.2, -0.15) is 4.80 Å². The van der Waals surface area contributed by atoms with Crippen LogP contribution in [0.5, 0.6) is 0 Å². The van der Waals surface area contributed by atoms with Crippen molar-refractivity contribution in [2.75, 3.05) is 12.0 Å². The molecule has 0 aliphatic carbocycles. The van der Waals surface area contributed by atoms with E-state index >= 15 is 0 Å². The summed E-state index contributed by atoms with van der Waals surface area (Å²) in [6.45, 7) is 2.66. The maximum Gasteiger partial charge on any atom is 0.188 e. The van der Waals surface area contributed by atoms with Gasteiger partial charge in [-0.05, 0) is 18.6 Å². The molecular weight excluding hydrogens is 214 g/mol. The molecule has 0 fully saturated rings. The van der Waals surface area contributed by atoms with Crippen molar-refractivity contribution in [1.82, 2.24) is 25.5 Å². The fraction of sp³-hybridized carbons (Fsp3) is 0.875. The van der Waals surface area contributed by atoms with E-state index in [1.807, 2.05) is 0 Å². The molecule has 0 radical (unpaired) electrons. The van der Waals surface area contributed by atoms with E-state index in [0.29, 0.717) is 18.4 Å². The molecule has 2 atom stereocenters. The first-order valence-electron chi connectivity index (χ1n) is 4.84. The van der Waals surface area contributed by atoms with Gasteiger partial charge in [-0.25, -0.2) is 0 Å². The SMILES string of the molecule is CC(CCS(C)=O)NCc1nnn(C)n1. The van der Waals surface area contributed by atoms with Crippen LogP contribution in [0, 0.1) is 0 Å². The minimum Gasteiger partial charge on any atom is -0.307 e. The number of hydrogen-bond acceptors (Lipinski definition) is 5. The number of aryl methyl sites for hydroxylation is 1.